The Morgan fingerprint density at radius 2 is 2.38 bits per heavy atom. The molecular formula is C15H20N6O2S. The molecule has 0 saturated carbocycles. The van der Waals surface area contributed by atoms with Crippen molar-refractivity contribution in [1.82, 2.24) is 20.1 Å². The maximum Gasteiger partial charge on any atom is 0.269 e. The molecular weight excluding hydrogens is 328 g/mol. The second kappa shape index (κ2) is 7.10. The van der Waals surface area contributed by atoms with Gasteiger partial charge in [-0.15, -0.1) is 11.3 Å². The lowest BCUT2D eigenvalue weighted by Crippen LogP contribution is -2.42. The van der Waals surface area contributed by atoms with Gasteiger partial charge >= 0.3 is 0 Å². The minimum atomic E-state index is -0.537. The zero-order valence-electron chi connectivity index (χ0n) is 13.4. The molecule has 0 bridgehead atoms. The number of nitrogens with zero attached hydrogens (tertiary/aromatic N) is 4. The number of carbonyl (C=O) groups excluding carboxylic acids is 2. The van der Waals surface area contributed by atoms with Gasteiger partial charge in [0.1, 0.15) is 5.69 Å². The Kier molecular flexibility index (Phi) is 4.91. The van der Waals surface area contributed by atoms with Crippen molar-refractivity contribution < 1.29 is 9.59 Å². The molecule has 0 aromatic carbocycles. The summed E-state index contributed by atoms with van der Waals surface area (Å²) in [5.41, 5.74) is 6.39. The number of anilines is 1. The molecule has 9 heteroatoms. The smallest absolute Gasteiger partial charge is 0.269 e. The molecule has 0 radical (unpaired) electrons. The Bertz CT molecular complexity index is 713. The Labute approximate surface area is 143 Å². The van der Waals surface area contributed by atoms with E-state index in [1.807, 2.05) is 5.38 Å². The lowest BCUT2D eigenvalue weighted by Gasteiger charge is -2.32. The molecule has 128 valence electrons. The van der Waals surface area contributed by atoms with Gasteiger partial charge in [-0.25, -0.2) is 4.98 Å². The second-order valence-electron chi connectivity index (χ2n) is 5.91. The highest BCUT2D eigenvalue weighted by Crippen LogP contribution is 2.26. The van der Waals surface area contributed by atoms with Crippen molar-refractivity contribution >= 4 is 28.3 Å². The number of thiazole rings is 1. The zero-order valence-corrected chi connectivity index (χ0v) is 14.3. The topological polar surface area (TPSA) is 108 Å². The lowest BCUT2D eigenvalue weighted by molar-refractivity contribution is -0.119. The summed E-state index contributed by atoms with van der Waals surface area (Å²) in [7, 11) is 1.75. The molecule has 3 rings (SSSR count). The number of nitrogens with one attached hydrogen (secondary N) is 1. The monoisotopic (exact) mass is 348 g/mol. The van der Waals surface area contributed by atoms with E-state index in [0.717, 1.165) is 31.6 Å². The lowest BCUT2D eigenvalue weighted by atomic mass is 9.94. The Morgan fingerprint density at radius 1 is 1.54 bits per heavy atom. The fraction of sp³-hybridized carbons (Fsp3) is 0.467. The first-order chi connectivity index (χ1) is 11.5. The predicted molar refractivity (Wildman–Crippen MR) is 91.0 cm³/mol. The molecule has 1 aliphatic heterocycles. The molecule has 3 N–H and O–H groups in total. The van der Waals surface area contributed by atoms with Crippen LogP contribution < -0.4 is 10.6 Å². The number of nitrogens with two attached hydrogens (primary N) is 1. The average molecular weight is 348 g/mol. The molecule has 24 heavy (non-hydrogen) atoms. The minimum absolute atomic E-state index is 0.0213. The van der Waals surface area contributed by atoms with E-state index in [1.54, 1.807) is 24.2 Å². The molecule has 8 nitrogen and oxygen atoms in total. The number of piperidine rings is 1. The van der Waals surface area contributed by atoms with Crippen LogP contribution in [0, 0.1) is 0 Å². The Hall–Kier alpha value is -2.26. The van der Waals surface area contributed by atoms with E-state index in [4.69, 9.17) is 5.73 Å². The van der Waals surface area contributed by atoms with E-state index in [1.165, 1.54) is 11.3 Å². The molecule has 2 aromatic rings. The van der Waals surface area contributed by atoms with Crippen molar-refractivity contribution in [3.05, 3.63) is 29.0 Å². The van der Waals surface area contributed by atoms with Crippen molar-refractivity contribution in [2.75, 3.05) is 31.6 Å². The summed E-state index contributed by atoms with van der Waals surface area (Å²) in [5, 5.41) is 9.39. The Morgan fingerprint density at radius 3 is 3.04 bits per heavy atom. The van der Waals surface area contributed by atoms with E-state index in [-0.39, 0.29) is 17.5 Å². The molecule has 3 heterocycles. The number of amides is 2. The summed E-state index contributed by atoms with van der Waals surface area (Å²) in [6.07, 6.45) is 3.67. The minimum Gasteiger partial charge on any atom is -0.364 e. The SMILES string of the molecule is CN(C(=O)CN1CCCC(c2cc(C(N)=O)n[nH]2)C1)c1nccs1. The van der Waals surface area contributed by atoms with E-state index < -0.39 is 5.91 Å². The van der Waals surface area contributed by atoms with Crippen LogP contribution in [-0.4, -0.2) is 58.6 Å². The summed E-state index contributed by atoms with van der Waals surface area (Å²) in [6, 6.07) is 1.71. The largest absolute Gasteiger partial charge is 0.364 e. The number of aromatic nitrogens is 3. The average Bonchev–Trinajstić information content (AvgIpc) is 3.26. The van der Waals surface area contributed by atoms with Crippen LogP contribution in [-0.2, 0) is 4.79 Å². The highest BCUT2D eigenvalue weighted by Gasteiger charge is 2.26. The standard InChI is InChI=1S/C15H20N6O2S/c1-20(15-17-4-6-24-15)13(22)9-21-5-2-3-10(8-21)11-7-12(14(16)23)19-18-11/h4,6-7,10H,2-3,5,8-9H2,1H3,(H2,16,23)(H,18,19). The van der Waals surface area contributed by atoms with E-state index in [0.29, 0.717) is 11.7 Å². The first-order valence-electron chi connectivity index (χ1n) is 7.78. The Balaban J connectivity index is 1.60. The van der Waals surface area contributed by atoms with Crippen LogP contribution in [0.1, 0.15) is 34.9 Å². The van der Waals surface area contributed by atoms with Gasteiger partial charge in [0.05, 0.1) is 6.54 Å². The van der Waals surface area contributed by atoms with Crippen molar-refractivity contribution in [2.24, 2.45) is 5.73 Å². The fourth-order valence-electron chi connectivity index (χ4n) is 2.91. The third kappa shape index (κ3) is 3.62. The van der Waals surface area contributed by atoms with Crippen LogP contribution >= 0.6 is 11.3 Å². The van der Waals surface area contributed by atoms with Crippen LogP contribution in [0.25, 0.3) is 0 Å². The first kappa shape index (κ1) is 16.6. The summed E-state index contributed by atoms with van der Waals surface area (Å²) in [6.45, 7) is 1.98. The molecule has 2 amide bonds. The number of rotatable bonds is 5. The molecule has 1 aliphatic rings. The van der Waals surface area contributed by atoms with Gasteiger partial charge in [0.25, 0.3) is 5.91 Å². The van der Waals surface area contributed by atoms with E-state index >= 15 is 0 Å². The number of aromatic amines is 1. The van der Waals surface area contributed by atoms with Crippen molar-refractivity contribution in [3.63, 3.8) is 0 Å². The highest BCUT2D eigenvalue weighted by atomic mass is 32.1. The predicted octanol–water partition coefficient (Wildman–Crippen LogP) is 0.807. The number of hydrogen-bond acceptors (Lipinski definition) is 6. The van der Waals surface area contributed by atoms with Gasteiger partial charge in [-0.3, -0.25) is 24.5 Å². The van der Waals surface area contributed by atoms with Crippen LogP contribution in [0.15, 0.2) is 17.6 Å². The van der Waals surface area contributed by atoms with Crippen LogP contribution in [0.3, 0.4) is 0 Å². The van der Waals surface area contributed by atoms with E-state index in [2.05, 4.69) is 20.1 Å². The number of hydrogen-bond donors (Lipinski definition) is 2. The summed E-state index contributed by atoms with van der Waals surface area (Å²) in [5.74, 6) is -0.296. The maximum atomic E-state index is 12.4. The number of primary amides is 1. The van der Waals surface area contributed by atoms with Crippen LogP contribution in [0.5, 0.6) is 0 Å². The molecule has 0 spiro atoms. The number of likely N-dealkylation sites (N-methyl/N-ethyl adjacent to an activating group) is 1. The molecule has 1 unspecified atom stereocenters. The van der Waals surface area contributed by atoms with Gasteiger partial charge < -0.3 is 5.73 Å². The first-order valence-corrected chi connectivity index (χ1v) is 8.66. The molecule has 1 atom stereocenters. The summed E-state index contributed by atoms with van der Waals surface area (Å²) >= 11 is 1.44. The summed E-state index contributed by atoms with van der Waals surface area (Å²) in [4.78, 5) is 31.5. The van der Waals surface area contributed by atoms with Gasteiger partial charge in [0, 0.05) is 36.8 Å². The quantitative estimate of drug-likeness (QED) is 0.831. The second-order valence-corrected chi connectivity index (χ2v) is 6.79. The van der Waals surface area contributed by atoms with Crippen molar-refractivity contribution in [3.8, 4) is 0 Å². The zero-order chi connectivity index (χ0) is 17.1. The molecule has 1 saturated heterocycles. The van der Waals surface area contributed by atoms with Crippen molar-refractivity contribution in [1.29, 1.82) is 0 Å². The van der Waals surface area contributed by atoms with Gasteiger partial charge in [0.2, 0.25) is 5.91 Å². The van der Waals surface area contributed by atoms with Crippen molar-refractivity contribution in [2.45, 2.75) is 18.8 Å². The van der Waals surface area contributed by atoms with E-state index in [9.17, 15) is 9.59 Å². The van der Waals surface area contributed by atoms with Gasteiger partial charge in [0.15, 0.2) is 5.13 Å². The molecule has 0 aliphatic carbocycles. The maximum absolute atomic E-state index is 12.4. The third-order valence-electron chi connectivity index (χ3n) is 4.23. The molecule has 1 fully saturated rings. The molecule has 2 aromatic heterocycles. The third-order valence-corrected chi connectivity index (χ3v) is 5.08. The summed E-state index contributed by atoms with van der Waals surface area (Å²) < 4.78 is 0. The fourth-order valence-corrected chi connectivity index (χ4v) is 3.54. The van der Waals surface area contributed by atoms with Gasteiger partial charge in [-0.05, 0) is 25.5 Å². The van der Waals surface area contributed by atoms with Gasteiger partial charge in [-0.2, -0.15) is 5.10 Å². The number of H-pyrrole nitrogens is 1. The number of likely N-dealkylation sites (tertiary alicyclic amines) is 1. The van der Waals surface area contributed by atoms with Crippen LogP contribution in [0.4, 0.5) is 5.13 Å². The van der Waals surface area contributed by atoms with Crippen LogP contribution in [0.2, 0.25) is 0 Å². The number of carbonyl (C=O) groups is 2. The normalized spacial score (nSPS) is 18.5. The highest BCUT2D eigenvalue weighted by molar-refractivity contribution is 7.13. The van der Waals surface area contributed by atoms with Gasteiger partial charge in [-0.1, -0.05) is 0 Å².